The highest BCUT2D eigenvalue weighted by Gasteiger charge is 2.29. The lowest BCUT2D eigenvalue weighted by Gasteiger charge is -2.29. The molecule has 0 saturated carbocycles. The fraction of sp³-hybridized carbons (Fsp3) is 0.667. The summed E-state index contributed by atoms with van der Waals surface area (Å²) in [6, 6.07) is 6.80. The predicted octanol–water partition coefficient (Wildman–Crippen LogP) is 1.62. The number of nitrogens with zero attached hydrogens (tertiary/aromatic N) is 2. The van der Waals surface area contributed by atoms with Gasteiger partial charge in [0.15, 0.2) is 0 Å². The number of nitrogens with two attached hydrogens (primary N) is 1. The van der Waals surface area contributed by atoms with Gasteiger partial charge in [0, 0.05) is 45.9 Å². The molecular formula is C18H29N3O2. The molecule has 0 bridgehead atoms. The third kappa shape index (κ3) is 3.86. The first kappa shape index (κ1) is 16.7. The summed E-state index contributed by atoms with van der Waals surface area (Å²) in [5, 5.41) is 0. The monoisotopic (exact) mass is 319 g/mol. The van der Waals surface area contributed by atoms with Gasteiger partial charge >= 0.3 is 0 Å². The molecule has 1 fully saturated rings. The van der Waals surface area contributed by atoms with Gasteiger partial charge in [-0.15, -0.1) is 0 Å². The van der Waals surface area contributed by atoms with E-state index in [2.05, 4.69) is 35.0 Å². The maximum Gasteiger partial charge on any atom is 0.120 e. The maximum absolute atomic E-state index is 6.23. The Morgan fingerprint density at radius 2 is 2.04 bits per heavy atom. The summed E-state index contributed by atoms with van der Waals surface area (Å²) in [5.41, 5.74) is 8.73. The van der Waals surface area contributed by atoms with Gasteiger partial charge in [0.1, 0.15) is 11.9 Å². The maximum atomic E-state index is 6.23. The van der Waals surface area contributed by atoms with Crippen molar-refractivity contribution in [3.63, 3.8) is 0 Å². The normalized spacial score (nSPS) is 23.2. The molecule has 2 heterocycles. The second kappa shape index (κ2) is 7.62. The minimum absolute atomic E-state index is 0.279. The van der Waals surface area contributed by atoms with E-state index in [1.807, 2.05) is 0 Å². The van der Waals surface area contributed by atoms with Gasteiger partial charge in [-0.3, -0.25) is 4.90 Å². The Kier molecular flexibility index (Phi) is 5.54. The molecule has 2 aliphatic heterocycles. The fourth-order valence-electron chi connectivity index (χ4n) is 3.64. The Hall–Kier alpha value is -1.14. The molecule has 0 aromatic heterocycles. The Labute approximate surface area is 139 Å². The van der Waals surface area contributed by atoms with E-state index in [1.54, 1.807) is 7.11 Å². The topological polar surface area (TPSA) is 51.0 Å². The predicted molar refractivity (Wildman–Crippen MR) is 91.7 cm³/mol. The van der Waals surface area contributed by atoms with E-state index in [0.29, 0.717) is 12.6 Å². The number of rotatable bonds is 6. The minimum atomic E-state index is 0.279. The molecule has 1 atom stereocenters. The Bertz CT molecular complexity index is 515. The average Bonchev–Trinajstić information content (AvgIpc) is 2.91. The molecule has 1 saturated heterocycles. The first-order valence-electron chi connectivity index (χ1n) is 8.62. The van der Waals surface area contributed by atoms with Crippen LogP contribution >= 0.6 is 0 Å². The number of likely N-dealkylation sites (tertiary alicyclic amines) is 1. The third-order valence-electron chi connectivity index (χ3n) is 5.06. The Morgan fingerprint density at radius 3 is 2.74 bits per heavy atom. The van der Waals surface area contributed by atoms with Crippen molar-refractivity contribution in [2.75, 3.05) is 46.9 Å². The van der Waals surface area contributed by atoms with Gasteiger partial charge in [-0.05, 0) is 43.1 Å². The largest absolute Gasteiger partial charge is 0.490 e. The van der Waals surface area contributed by atoms with Crippen LogP contribution in [0.1, 0.15) is 30.0 Å². The molecule has 5 nitrogen and oxygen atoms in total. The van der Waals surface area contributed by atoms with Crippen molar-refractivity contribution in [1.29, 1.82) is 0 Å². The van der Waals surface area contributed by atoms with E-state index in [4.69, 9.17) is 15.2 Å². The van der Waals surface area contributed by atoms with Crippen LogP contribution in [0.25, 0.3) is 0 Å². The van der Waals surface area contributed by atoms with Crippen LogP contribution in [0.3, 0.4) is 0 Å². The van der Waals surface area contributed by atoms with Crippen molar-refractivity contribution in [2.24, 2.45) is 5.73 Å². The van der Waals surface area contributed by atoms with Crippen molar-refractivity contribution >= 4 is 0 Å². The van der Waals surface area contributed by atoms with Crippen molar-refractivity contribution in [1.82, 2.24) is 9.80 Å². The van der Waals surface area contributed by atoms with Crippen LogP contribution in [0.4, 0.5) is 0 Å². The van der Waals surface area contributed by atoms with Gasteiger partial charge in [0.2, 0.25) is 0 Å². The molecule has 1 aromatic carbocycles. The summed E-state index contributed by atoms with van der Waals surface area (Å²) in [4.78, 5) is 4.76. The summed E-state index contributed by atoms with van der Waals surface area (Å²) in [6.07, 6.45) is 2.55. The number of piperidine rings is 1. The lowest BCUT2D eigenvalue weighted by molar-refractivity contribution is 0.114. The summed E-state index contributed by atoms with van der Waals surface area (Å²) >= 11 is 0. The van der Waals surface area contributed by atoms with Crippen LogP contribution in [0.2, 0.25) is 0 Å². The standard InChI is InChI=1S/C18H29N3O2/c1-20-7-5-15(6-8-20)23-16-4-3-14-13-21(9-10-22-2)18(12-19)17(14)11-16/h3-4,11,15,18H,5-10,12-13,19H2,1-2H3. The fourth-order valence-corrected chi connectivity index (χ4v) is 3.64. The van der Waals surface area contributed by atoms with E-state index in [-0.39, 0.29) is 6.04 Å². The van der Waals surface area contributed by atoms with Gasteiger partial charge in [-0.2, -0.15) is 0 Å². The number of hydrogen-bond acceptors (Lipinski definition) is 5. The molecule has 23 heavy (non-hydrogen) atoms. The first-order valence-corrected chi connectivity index (χ1v) is 8.62. The van der Waals surface area contributed by atoms with Crippen molar-refractivity contribution in [3.8, 4) is 5.75 Å². The van der Waals surface area contributed by atoms with E-state index < -0.39 is 0 Å². The average molecular weight is 319 g/mol. The molecule has 0 radical (unpaired) electrons. The molecule has 0 spiro atoms. The highest BCUT2D eigenvalue weighted by atomic mass is 16.5. The summed E-state index contributed by atoms with van der Waals surface area (Å²) in [7, 11) is 3.92. The number of methoxy groups -OCH3 is 1. The van der Waals surface area contributed by atoms with Crippen LogP contribution in [-0.2, 0) is 11.3 Å². The molecule has 2 aliphatic rings. The number of benzene rings is 1. The minimum Gasteiger partial charge on any atom is -0.490 e. The molecule has 0 amide bonds. The van der Waals surface area contributed by atoms with Crippen LogP contribution in [-0.4, -0.2) is 62.8 Å². The zero-order chi connectivity index (χ0) is 16.2. The second-order valence-electron chi connectivity index (χ2n) is 6.70. The summed E-state index contributed by atoms with van der Waals surface area (Å²) in [6.45, 7) is 5.47. The van der Waals surface area contributed by atoms with Gasteiger partial charge in [0.05, 0.1) is 6.61 Å². The SMILES string of the molecule is COCCN1Cc2ccc(OC3CCN(C)CC3)cc2C1CN. The molecule has 1 unspecified atom stereocenters. The number of hydrogen-bond donors (Lipinski definition) is 1. The van der Waals surface area contributed by atoms with Crippen LogP contribution in [0, 0.1) is 0 Å². The lowest BCUT2D eigenvalue weighted by Crippen LogP contribution is -2.35. The Balaban J connectivity index is 1.68. The van der Waals surface area contributed by atoms with Crippen LogP contribution < -0.4 is 10.5 Å². The van der Waals surface area contributed by atoms with Gasteiger partial charge in [-0.25, -0.2) is 0 Å². The van der Waals surface area contributed by atoms with Gasteiger partial charge < -0.3 is 20.1 Å². The smallest absolute Gasteiger partial charge is 0.120 e. The van der Waals surface area contributed by atoms with Crippen LogP contribution in [0.5, 0.6) is 5.75 Å². The van der Waals surface area contributed by atoms with Gasteiger partial charge in [0.25, 0.3) is 0 Å². The lowest BCUT2D eigenvalue weighted by atomic mass is 10.0. The van der Waals surface area contributed by atoms with Crippen LogP contribution in [0.15, 0.2) is 18.2 Å². The highest BCUT2D eigenvalue weighted by Crippen LogP contribution is 2.35. The molecule has 3 rings (SSSR count). The molecular weight excluding hydrogens is 290 g/mol. The van der Waals surface area contributed by atoms with Gasteiger partial charge in [-0.1, -0.05) is 6.07 Å². The van der Waals surface area contributed by atoms with E-state index in [9.17, 15) is 0 Å². The third-order valence-corrected chi connectivity index (χ3v) is 5.06. The molecule has 0 aliphatic carbocycles. The van der Waals surface area contributed by atoms with Crippen molar-refractivity contribution < 1.29 is 9.47 Å². The van der Waals surface area contributed by atoms with E-state index in [1.165, 1.54) is 11.1 Å². The number of fused-ring (bicyclic) bond motifs is 1. The molecule has 1 aromatic rings. The zero-order valence-electron chi connectivity index (χ0n) is 14.3. The van der Waals surface area contributed by atoms with E-state index >= 15 is 0 Å². The molecule has 2 N–H and O–H groups in total. The second-order valence-corrected chi connectivity index (χ2v) is 6.70. The first-order chi connectivity index (χ1) is 11.2. The molecule has 128 valence electrons. The van der Waals surface area contributed by atoms with Crippen molar-refractivity contribution in [3.05, 3.63) is 29.3 Å². The number of ether oxygens (including phenoxy) is 2. The zero-order valence-corrected chi connectivity index (χ0v) is 14.3. The molecule has 5 heteroatoms. The highest BCUT2D eigenvalue weighted by molar-refractivity contribution is 5.41. The van der Waals surface area contributed by atoms with E-state index in [0.717, 1.165) is 51.4 Å². The van der Waals surface area contributed by atoms with Crippen molar-refractivity contribution in [2.45, 2.75) is 31.5 Å². The quantitative estimate of drug-likeness (QED) is 0.863. The summed E-state index contributed by atoms with van der Waals surface area (Å²) in [5.74, 6) is 0.991. The Morgan fingerprint density at radius 1 is 1.26 bits per heavy atom. The summed E-state index contributed by atoms with van der Waals surface area (Å²) < 4.78 is 11.4.